The summed E-state index contributed by atoms with van der Waals surface area (Å²) in [6.07, 6.45) is 0. The number of benzene rings is 1. The Labute approximate surface area is 101 Å². The van der Waals surface area contributed by atoms with E-state index in [1.165, 1.54) is 10.4 Å². The third kappa shape index (κ3) is 5.89. The predicted molar refractivity (Wildman–Crippen MR) is 64.4 cm³/mol. The molecule has 0 spiro atoms. The van der Waals surface area contributed by atoms with Gasteiger partial charge < -0.3 is 4.55 Å². The van der Waals surface area contributed by atoms with Gasteiger partial charge in [-0.3, -0.25) is 4.55 Å². The molecule has 0 atom stereocenters. The van der Waals surface area contributed by atoms with E-state index in [1.54, 1.807) is 22.7 Å². The van der Waals surface area contributed by atoms with Crippen molar-refractivity contribution in [3.63, 3.8) is 0 Å². The molecule has 0 amide bonds. The van der Waals surface area contributed by atoms with Gasteiger partial charge in [0.05, 0.1) is 22.7 Å². The fraction of sp³-hybridized carbons (Fsp3) is 0. The second-order valence-corrected chi connectivity index (χ2v) is 5.43. The van der Waals surface area contributed by atoms with Crippen LogP contribution in [0.25, 0.3) is 10.4 Å². The average Bonchev–Trinajstić information content (AvgIpc) is 2.69. The van der Waals surface area contributed by atoms with Gasteiger partial charge in [-0.25, -0.2) is 8.42 Å². The molecule has 0 radical (unpaired) electrons. The van der Waals surface area contributed by atoms with E-state index in [4.69, 9.17) is 17.5 Å². The van der Waals surface area contributed by atoms with E-state index in [1.807, 2.05) is 6.07 Å². The quantitative estimate of drug-likeness (QED) is 0.493. The van der Waals surface area contributed by atoms with E-state index < -0.39 is 10.4 Å². The summed E-state index contributed by atoms with van der Waals surface area (Å²) < 4.78 is 35.0. The molecule has 0 bridgehead atoms. The molecule has 0 aliphatic heterocycles. The molecule has 0 saturated heterocycles. The monoisotopic (exact) mass is 276 g/mol. The standard InChI is InChI=1S/C9H7S2.H2O4S/c1-2-4-8(5-3-1)9-6-10-7-11-9;1-5(2,3)4/h1-7H;(H2,1,2,3,4)/q+1;/p-1. The summed E-state index contributed by atoms with van der Waals surface area (Å²) in [6.45, 7) is 0. The van der Waals surface area contributed by atoms with Crippen LogP contribution in [0.3, 0.4) is 0 Å². The van der Waals surface area contributed by atoms with E-state index in [-0.39, 0.29) is 0 Å². The molecule has 86 valence electrons. The van der Waals surface area contributed by atoms with Crippen LogP contribution in [-0.2, 0) is 10.4 Å². The fourth-order valence-corrected chi connectivity index (χ4v) is 2.72. The van der Waals surface area contributed by atoms with Crippen LogP contribution in [0.5, 0.6) is 0 Å². The van der Waals surface area contributed by atoms with E-state index in [0.717, 1.165) is 0 Å². The van der Waals surface area contributed by atoms with E-state index >= 15 is 0 Å². The highest BCUT2D eigenvalue weighted by atomic mass is 32.3. The summed E-state index contributed by atoms with van der Waals surface area (Å²) in [4.78, 5) is 1.36. The molecule has 0 aliphatic rings. The van der Waals surface area contributed by atoms with Crippen LogP contribution >= 0.6 is 22.7 Å². The van der Waals surface area contributed by atoms with Crippen molar-refractivity contribution >= 4 is 33.1 Å². The van der Waals surface area contributed by atoms with Crippen LogP contribution in [0.1, 0.15) is 0 Å². The summed E-state index contributed by atoms with van der Waals surface area (Å²) in [5.74, 6) is 0. The molecule has 0 aliphatic carbocycles. The first-order chi connectivity index (χ1) is 7.47. The Bertz CT molecular complexity index is 497. The maximum absolute atomic E-state index is 8.63. The lowest BCUT2D eigenvalue weighted by Crippen LogP contribution is -1.90. The highest BCUT2D eigenvalue weighted by Gasteiger charge is 2.04. The summed E-state index contributed by atoms with van der Waals surface area (Å²) in [5.41, 5.74) is 1.32. The Hall–Kier alpha value is -0.860. The van der Waals surface area contributed by atoms with Crippen molar-refractivity contribution < 1.29 is 17.5 Å². The van der Waals surface area contributed by atoms with Crippen molar-refractivity contribution in [3.05, 3.63) is 40.4 Å². The molecule has 2 rings (SSSR count). The molecule has 0 saturated carbocycles. The third-order valence-corrected chi connectivity index (χ3v) is 3.42. The maximum Gasteiger partial charge on any atom is 0.243 e. The topological polar surface area (TPSA) is 77.4 Å². The second-order valence-electron chi connectivity index (χ2n) is 2.63. The zero-order chi connectivity index (χ0) is 12.0. The number of hydrogen-bond acceptors (Lipinski definition) is 4. The first-order valence-corrected chi connectivity index (χ1v) is 7.23. The lowest BCUT2D eigenvalue weighted by atomic mass is 10.2. The molecule has 7 heteroatoms. The minimum absolute atomic E-state index is 1.32. The van der Waals surface area contributed by atoms with Crippen LogP contribution in [0.2, 0.25) is 0 Å². The zero-order valence-electron chi connectivity index (χ0n) is 7.94. The van der Waals surface area contributed by atoms with Crippen molar-refractivity contribution in [1.29, 1.82) is 0 Å². The third-order valence-electron chi connectivity index (χ3n) is 1.46. The predicted octanol–water partition coefficient (Wildman–Crippen LogP) is 2.76. The number of hydrogen-bond donors (Lipinski definition) is 1. The van der Waals surface area contributed by atoms with Gasteiger partial charge in [0.15, 0.2) is 4.88 Å². The molecule has 1 heterocycles. The van der Waals surface area contributed by atoms with Gasteiger partial charge in [0.2, 0.25) is 15.1 Å². The lowest BCUT2D eigenvalue weighted by molar-refractivity contribution is 0.366. The zero-order valence-corrected chi connectivity index (χ0v) is 10.4. The highest BCUT2D eigenvalue weighted by Crippen LogP contribution is 2.26. The van der Waals surface area contributed by atoms with Crippen LogP contribution in [-0.4, -0.2) is 17.5 Å². The second kappa shape index (κ2) is 6.02. The summed E-state index contributed by atoms with van der Waals surface area (Å²) in [6, 6.07) is 10.5. The molecule has 2 aromatic rings. The molecular formula is C9H8O4S3. The SMILES string of the molecule is O=S(=O)([O-])O.c1ccc(-c2c[s+]cs2)cc1. The Morgan fingerprint density at radius 3 is 2.25 bits per heavy atom. The van der Waals surface area contributed by atoms with Crippen molar-refractivity contribution in [1.82, 2.24) is 0 Å². The fourth-order valence-electron chi connectivity index (χ4n) is 0.935. The van der Waals surface area contributed by atoms with Crippen molar-refractivity contribution in [2.24, 2.45) is 0 Å². The minimum atomic E-state index is -4.92. The maximum atomic E-state index is 8.63. The molecule has 0 unspecified atom stereocenters. The van der Waals surface area contributed by atoms with E-state index in [2.05, 4.69) is 34.3 Å². The highest BCUT2D eigenvalue weighted by molar-refractivity contribution is 7.79. The van der Waals surface area contributed by atoms with Gasteiger partial charge in [-0.1, -0.05) is 30.3 Å². The van der Waals surface area contributed by atoms with Gasteiger partial charge in [-0.05, 0) is 0 Å². The van der Waals surface area contributed by atoms with Gasteiger partial charge in [0.1, 0.15) is 5.38 Å². The molecule has 4 nitrogen and oxygen atoms in total. The number of rotatable bonds is 1. The van der Waals surface area contributed by atoms with Gasteiger partial charge in [0.25, 0.3) is 0 Å². The van der Waals surface area contributed by atoms with Gasteiger partial charge >= 0.3 is 0 Å². The Morgan fingerprint density at radius 1 is 1.25 bits per heavy atom. The summed E-state index contributed by atoms with van der Waals surface area (Å²) in [7, 11) is -4.92. The summed E-state index contributed by atoms with van der Waals surface area (Å²) in [5, 5.41) is 2.18. The van der Waals surface area contributed by atoms with Crippen molar-refractivity contribution in [3.8, 4) is 10.4 Å². The molecule has 16 heavy (non-hydrogen) atoms. The van der Waals surface area contributed by atoms with Gasteiger partial charge in [0, 0.05) is 5.56 Å². The van der Waals surface area contributed by atoms with Crippen LogP contribution in [0.15, 0.2) is 40.4 Å². The van der Waals surface area contributed by atoms with Crippen LogP contribution in [0.4, 0.5) is 0 Å². The first-order valence-electron chi connectivity index (χ1n) is 4.04. The smallest absolute Gasteiger partial charge is 0.243 e. The normalized spacial score (nSPS) is 10.4. The lowest BCUT2D eigenvalue weighted by Gasteiger charge is -1.88. The largest absolute Gasteiger partial charge is 0.726 e. The Morgan fingerprint density at radius 2 is 1.81 bits per heavy atom. The van der Waals surface area contributed by atoms with E-state index in [0.29, 0.717) is 0 Å². The molecule has 1 N–H and O–H groups in total. The van der Waals surface area contributed by atoms with Gasteiger partial charge in [-0.15, -0.1) is 0 Å². The first kappa shape index (κ1) is 13.2. The summed E-state index contributed by atoms with van der Waals surface area (Å²) >= 11 is 3.55. The molecule has 1 aromatic heterocycles. The molecule has 1 aromatic carbocycles. The van der Waals surface area contributed by atoms with Crippen LogP contribution in [0, 0.1) is 0 Å². The Balaban J connectivity index is 0.000000221. The minimum Gasteiger partial charge on any atom is -0.726 e. The molecule has 0 fully saturated rings. The average molecular weight is 276 g/mol. The van der Waals surface area contributed by atoms with Crippen molar-refractivity contribution in [2.75, 3.05) is 0 Å². The van der Waals surface area contributed by atoms with Crippen LogP contribution < -0.4 is 0 Å². The van der Waals surface area contributed by atoms with Gasteiger partial charge in [-0.2, -0.15) is 0 Å². The molecular weight excluding hydrogens is 268 g/mol. The van der Waals surface area contributed by atoms with E-state index in [9.17, 15) is 0 Å². The van der Waals surface area contributed by atoms with Crippen molar-refractivity contribution in [2.45, 2.75) is 0 Å². The Kier molecular flexibility index (Phi) is 4.97.